The lowest BCUT2D eigenvalue weighted by Crippen LogP contribution is -2.18. The van der Waals surface area contributed by atoms with Crippen LogP contribution in [0.4, 0.5) is 0 Å². The lowest BCUT2D eigenvalue weighted by molar-refractivity contribution is -0.109. The van der Waals surface area contributed by atoms with Gasteiger partial charge in [0.15, 0.2) is 12.9 Å². The van der Waals surface area contributed by atoms with E-state index < -0.39 is 0 Å². The molecule has 32 heavy (non-hydrogen) atoms. The predicted molar refractivity (Wildman–Crippen MR) is 124 cm³/mol. The summed E-state index contributed by atoms with van der Waals surface area (Å²) in [7, 11) is 0. The van der Waals surface area contributed by atoms with Gasteiger partial charge in [-0.1, -0.05) is 11.2 Å². The van der Waals surface area contributed by atoms with Crippen LogP contribution in [0.1, 0.15) is 43.6 Å². The standard InChI is InChI=1S/C24H26N4O3S/c1-14-23(32-24(26-14)18-7-5-11-25-12-18)20-10-9-17-6-4-8-19(22(17)27-20)28-29-13-21-30-15(2)16(3)31-21/h5,7,9-12,15-16,21H,4,6,8,13H2,1-3H3/b28-19+. The van der Waals surface area contributed by atoms with Crippen molar-refractivity contribution in [3.8, 4) is 21.1 Å². The highest BCUT2D eigenvalue weighted by Gasteiger charge is 2.30. The third kappa shape index (κ3) is 4.30. The molecule has 8 heteroatoms. The predicted octanol–water partition coefficient (Wildman–Crippen LogP) is 4.78. The first-order valence-electron chi connectivity index (χ1n) is 11.0. The second-order valence-electron chi connectivity index (χ2n) is 8.18. The highest BCUT2D eigenvalue weighted by molar-refractivity contribution is 7.18. The molecule has 0 spiro atoms. The lowest BCUT2D eigenvalue weighted by Gasteiger charge is -2.17. The summed E-state index contributed by atoms with van der Waals surface area (Å²) in [6, 6.07) is 8.19. The quantitative estimate of drug-likeness (QED) is 0.521. The third-order valence-corrected chi connectivity index (χ3v) is 7.06. The molecule has 4 heterocycles. The zero-order valence-corrected chi connectivity index (χ0v) is 19.3. The van der Waals surface area contributed by atoms with Crippen LogP contribution in [0, 0.1) is 6.92 Å². The van der Waals surface area contributed by atoms with E-state index in [0.29, 0.717) is 0 Å². The number of oxime groups is 1. The molecule has 1 fully saturated rings. The van der Waals surface area contributed by atoms with Gasteiger partial charge in [0.1, 0.15) is 10.7 Å². The molecule has 0 bridgehead atoms. The maximum Gasteiger partial charge on any atom is 0.195 e. The van der Waals surface area contributed by atoms with Crippen LogP contribution in [0.15, 0.2) is 41.8 Å². The number of nitrogens with zero attached hydrogens (tertiary/aromatic N) is 4. The normalized spacial score (nSPS) is 24.0. The highest BCUT2D eigenvalue weighted by atomic mass is 32.1. The van der Waals surface area contributed by atoms with E-state index in [9.17, 15) is 0 Å². The summed E-state index contributed by atoms with van der Waals surface area (Å²) in [5, 5.41) is 5.37. The van der Waals surface area contributed by atoms with Crippen molar-refractivity contribution in [2.24, 2.45) is 5.16 Å². The van der Waals surface area contributed by atoms with Crippen molar-refractivity contribution in [3.63, 3.8) is 0 Å². The van der Waals surface area contributed by atoms with Gasteiger partial charge in [0.05, 0.1) is 34.2 Å². The Hall–Kier alpha value is -2.68. The number of fused-ring (bicyclic) bond motifs is 1. The van der Waals surface area contributed by atoms with Crippen LogP contribution in [-0.4, -0.2) is 45.8 Å². The van der Waals surface area contributed by atoms with Crippen molar-refractivity contribution in [3.05, 3.63) is 53.6 Å². The van der Waals surface area contributed by atoms with Crippen molar-refractivity contribution in [2.75, 3.05) is 6.61 Å². The fourth-order valence-electron chi connectivity index (χ4n) is 3.95. The summed E-state index contributed by atoms with van der Waals surface area (Å²) in [5.41, 5.74) is 5.88. The molecule has 2 unspecified atom stereocenters. The number of hydrogen-bond donors (Lipinski definition) is 0. The van der Waals surface area contributed by atoms with Gasteiger partial charge < -0.3 is 14.3 Å². The van der Waals surface area contributed by atoms with Gasteiger partial charge in [-0.3, -0.25) is 4.98 Å². The molecule has 5 rings (SSSR count). The lowest BCUT2D eigenvalue weighted by atomic mass is 9.94. The van der Waals surface area contributed by atoms with Gasteiger partial charge >= 0.3 is 0 Å². The molecule has 1 aliphatic carbocycles. The largest absolute Gasteiger partial charge is 0.390 e. The Labute approximate surface area is 191 Å². The molecule has 1 saturated heterocycles. The molecule has 0 amide bonds. The zero-order valence-electron chi connectivity index (χ0n) is 18.4. The Morgan fingerprint density at radius 1 is 1.12 bits per heavy atom. The number of thiazole rings is 1. The minimum atomic E-state index is -0.377. The van der Waals surface area contributed by atoms with Crippen molar-refractivity contribution in [1.82, 2.24) is 15.0 Å². The average molecular weight is 451 g/mol. The van der Waals surface area contributed by atoms with Crippen LogP contribution in [0.3, 0.4) is 0 Å². The first-order valence-corrected chi connectivity index (χ1v) is 11.8. The molecule has 166 valence electrons. The Kier molecular flexibility index (Phi) is 5.99. The van der Waals surface area contributed by atoms with Gasteiger partial charge in [0.2, 0.25) is 0 Å². The molecule has 3 aromatic rings. The smallest absolute Gasteiger partial charge is 0.195 e. The second kappa shape index (κ2) is 9.05. The summed E-state index contributed by atoms with van der Waals surface area (Å²) in [6.45, 7) is 6.30. The van der Waals surface area contributed by atoms with E-state index in [4.69, 9.17) is 24.3 Å². The Morgan fingerprint density at radius 3 is 2.75 bits per heavy atom. The SMILES string of the molecule is Cc1nc(-c2cccnc2)sc1-c1ccc2c(n1)/C(=N/OCC1OC(C)C(C)O1)CCC2. The summed E-state index contributed by atoms with van der Waals surface area (Å²) >= 11 is 1.63. The molecule has 0 saturated carbocycles. The minimum absolute atomic E-state index is 0.0649. The first kappa shape index (κ1) is 21.2. The summed E-state index contributed by atoms with van der Waals surface area (Å²) in [4.78, 5) is 20.6. The number of aryl methyl sites for hydroxylation is 2. The maximum absolute atomic E-state index is 5.72. The topological polar surface area (TPSA) is 78.7 Å². The Morgan fingerprint density at radius 2 is 1.97 bits per heavy atom. The van der Waals surface area contributed by atoms with E-state index in [-0.39, 0.29) is 25.1 Å². The molecular weight excluding hydrogens is 424 g/mol. The van der Waals surface area contributed by atoms with E-state index in [1.807, 2.05) is 39.1 Å². The van der Waals surface area contributed by atoms with Crippen LogP contribution in [0.25, 0.3) is 21.1 Å². The van der Waals surface area contributed by atoms with Gasteiger partial charge in [0, 0.05) is 18.0 Å². The number of aromatic nitrogens is 3. The fraction of sp³-hybridized carbons (Fsp3) is 0.417. The molecule has 0 N–H and O–H groups in total. The monoisotopic (exact) mass is 450 g/mol. The van der Waals surface area contributed by atoms with E-state index in [2.05, 4.69) is 22.3 Å². The van der Waals surface area contributed by atoms with Crippen LogP contribution in [-0.2, 0) is 20.7 Å². The number of pyridine rings is 2. The van der Waals surface area contributed by atoms with Crippen LogP contribution in [0.5, 0.6) is 0 Å². The summed E-state index contributed by atoms with van der Waals surface area (Å²) in [5.74, 6) is 0. The van der Waals surface area contributed by atoms with Crippen molar-refractivity contribution in [2.45, 2.75) is 58.5 Å². The van der Waals surface area contributed by atoms with E-state index in [1.54, 1.807) is 17.5 Å². The van der Waals surface area contributed by atoms with E-state index in [1.165, 1.54) is 5.56 Å². The third-order valence-electron chi connectivity index (χ3n) is 5.83. The van der Waals surface area contributed by atoms with Crippen LogP contribution in [0.2, 0.25) is 0 Å². The van der Waals surface area contributed by atoms with Gasteiger partial charge in [-0.15, -0.1) is 11.3 Å². The van der Waals surface area contributed by atoms with E-state index >= 15 is 0 Å². The molecule has 1 aliphatic heterocycles. The van der Waals surface area contributed by atoms with Gasteiger partial charge in [-0.05, 0) is 63.8 Å². The fourth-order valence-corrected chi connectivity index (χ4v) is 4.98. The van der Waals surface area contributed by atoms with Crippen LogP contribution >= 0.6 is 11.3 Å². The Balaban J connectivity index is 1.38. The van der Waals surface area contributed by atoms with Crippen LogP contribution < -0.4 is 0 Å². The van der Waals surface area contributed by atoms with Gasteiger partial charge in [0.25, 0.3) is 0 Å². The molecule has 2 aliphatic rings. The highest BCUT2D eigenvalue weighted by Crippen LogP contribution is 2.35. The molecular formula is C24H26N4O3S. The van der Waals surface area contributed by atoms with E-state index in [0.717, 1.165) is 57.5 Å². The number of ether oxygens (including phenoxy) is 2. The summed E-state index contributed by atoms with van der Waals surface area (Å²) in [6.07, 6.45) is 6.22. The minimum Gasteiger partial charge on any atom is -0.390 e. The number of rotatable bonds is 5. The number of hydrogen-bond acceptors (Lipinski definition) is 8. The van der Waals surface area contributed by atoms with Gasteiger partial charge in [-0.2, -0.15) is 0 Å². The molecule has 7 nitrogen and oxygen atoms in total. The molecule has 2 atom stereocenters. The average Bonchev–Trinajstić information content (AvgIpc) is 3.35. The first-order chi connectivity index (χ1) is 15.6. The maximum atomic E-state index is 5.72. The molecule has 0 aromatic carbocycles. The molecule has 3 aromatic heterocycles. The second-order valence-corrected chi connectivity index (χ2v) is 9.18. The van der Waals surface area contributed by atoms with Gasteiger partial charge in [-0.25, -0.2) is 9.97 Å². The van der Waals surface area contributed by atoms with Crippen molar-refractivity contribution >= 4 is 17.0 Å². The van der Waals surface area contributed by atoms with Crippen molar-refractivity contribution < 1.29 is 14.3 Å². The zero-order chi connectivity index (χ0) is 22.1. The summed E-state index contributed by atoms with van der Waals surface area (Å²) < 4.78 is 11.4. The molecule has 0 radical (unpaired) electrons. The Bertz CT molecular complexity index is 1120. The van der Waals surface area contributed by atoms with Crippen molar-refractivity contribution in [1.29, 1.82) is 0 Å².